The van der Waals surface area contributed by atoms with Crippen molar-refractivity contribution in [3.8, 4) is 0 Å². The van der Waals surface area contributed by atoms with Gasteiger partial charge in [-0.25, -0.2) is 19.7 Å². The summed E-state index contributed by atoms with van der Waals surface area (Å²) < 4.78 is 52.0. The smallest absolute Gasteiger partial charge is 0.351 e. The summed E-state index contributed by atoms with van der Waals surface area (Å²) in [6.07, 6.45) is -2.55. The third-order valence-corrected chi connectivity index (χ3v) is 7.81. The van der Waals surface area contributed by atoms with Crippen molar-refractivity contribution in [3.63, 3.8) is 0 Å². The fraction of sp³-hybridized carbons (Fsp3) is 0.526. The molecule has 5 heterocycles. The Morgan fingerprint density at radius 2 is 1.85 bits per heavy atom. The van der Waals surface area contributed by atoms with Crippen molar-refractivity contribution in [2.24, 2.45) is 0 Å². The second-order valence-electron chi connectivity index (χ2n) is 9.05. The van der Waals surface area contributed by atoms with Crippen LogP contribution in [0.3, 0.4) is 0 Å². The van der Waals surface area contributed by atoms with Crippen LogP contribution in [0.25, 0.3) is 11.2 Å². The number of imidazole rings is 1. The first-order chi connectivity index (χ1) is 19.3. The summed E-state index contributed by atoms with van der Waals surface area (Å²) in [6, 6.07) is 0.373. The van der Waals surface area contributed by atoms with Crippen molar-refractivity contribution >= 4 is 38.4 Å². The maximum absolute atomic E-state index is 12.9. The number of phosphoric ester groups is 2. The van der Waals surface area contributed by atoms with Crippen LogP contribution >= 0.6 is 15.6 Å². The van der Waals surface area contributed by atoms with Gasteiger partial charge in [-0.3, -0.25) is 9.13 Å². The van der Waals surface area contributed by atoms with E-state index in [1.165, 1.54) is 23.2 Å². The molecule has 224 valence electrons. The molecule has 22 heteroatoms. The van der Waals surface area contributed by atoms with Crippen molar-refractivity contribution in [1.29, 1.82) is 0 Å². The number of nitrogens with two attached hydrogens (primary N) is 2. The molecule has 0 amide bonds. The van der Waals surface area contributed by atoms with E-state index >= 15 is 0 Å². The number of anilines is 2. The van der Waals surface area contributed by atoms with Crippen LogP contribution in [0.15, 0.2) is 29.7 Å². The summed E-state index contributed by atoms with van der Waals surface area (Å²) in [5.74, 6) is 0.0342. The van der Waals surface area contributed by atoms with Gasteiger partial charge >= 0.3 is 5.69 Å². The highest BCUT2D eigenvalue weighted by molar-refractivity contribution is 7.45. The quantitative estimate of drug-likeness (QED) is 0.186. The number of hydrogen-bond donors (Lipinski definition) is 3. The minimum Gasteiger partial charge on any atom is -0.790 e. The number of hydrogen-bond acceptors (Lipinski definition) is 18. The van der Waals surface area contributed by atoms with Gasteiger partial charge in [0, 0.05) is 12.6 Å². The molecule has 7 unspecified atom stereocenters. The van der Waals surface area contributed by atoms with Gasteiger partial charge in [0.2, 0.25) is 0 Å². The Kier molecular flexibility index (Phi) is 8.25. The van der Waals surface area contributed by atoms with E-state index in [1.807, 2.05) is 0 Å². The van der Waals surface area contributed by atoms with Crippen LogP contribution in [-0.4, -0.2) is 78.4 Å². The summed E-state index contributed by atoms with van der Waals surface area (Å²) >= 11 is 0. The lowest BCUT2D eigenvalue weighted by Crippen LogP contribution is -2.36. The van der Waals surface area contributed by atoms with Crippen LogP contribution in [0.1, 0.15) is 18.7 Å². The van der Waals surface area contributed by atoms with E-state index in [9.17, 15) is 33.7 Å². The molecule has 3 aromatic heterocycles. The van der Waals surface area contributed by atoms with Gasteiger partial charge in [-0.1, -0.05) is 0 Å². The average Bonchev–Trinajstić information content (AvgIpc) is 3.58. The molecule has 2 fully saturated rings. The molecule has 20 nitrogen and oxygen atoms in total. The maximum atomic E-state index is 12.9. The lowest BCUT2D eigenvalue weighted by molar-refractivity contribution is -0.343. The van der Waals surface area contributed by atoms with Crippen molar-refractivity contribution in [2.75, 3.05) is 31.3 Å². The molecule has 5 rings (SSSR count). The second-order valence-corrected chi connectivity index (χ2v) is 11.6. The molecule has 5 N–H and O–H groups in total. The summed E-state index contributed by atoms with van der Waals surface area (Å²) in [7, 11) is -10.7. The SMILES string of the molecule is Nc1ccn(C2CC(O)C(COP(=O)([O-])OC3C(COP(=O)([O-])[O-])OCC3n3cnc4c(N)ncnc43)O2)c(=O)n1. The number of nitrogen functional groups attached to an aromatic ring is 2. The topological polar surface area (TPSA) is 300 Å². The molecular weight excluding hydrogens is 594 g/mol. The van der Waals surface area contributed by atoms with E-state index in [2.05, 4.69) is 24.5 Å². The number of nitrogens with zero attached hydrogens (tertiary/aromatic N) is 6. The molecule has 0 aromatic carbocycles. The van der Waals surface area contributed by atoms with Crippen molar-refractivity contribution in [1.82, 2.24) is 29.1 Å². The molecule has 0 bridgehead atoms. The Balaban J connectivity index is 1.31. The number of phosphoric acid groups is 2. The molecule has 0 spiro atoms. The molecular formula is C19H23N8O12P2-3. The first-order valence-electron chi connectivity index (χ1n) is 11.8. The van der Waals surface area contributed by atoms with E-state index in [0.29, 0.717) is 0 Å². The number of aliphatic hydroxyl groups is 1. The van der Waals surface area contributed by atoms with Gasteiger partial charge in [0.1, 0.15) is 42.2 Å². The van der Waals surface area contributed by atoms with Gasteiger partial charge in [-0.05, 0) is 6.07 Å². The largest absolute Gasteiger partial charge is 0.790 e. The lowest BCUT2D eigenvalue weighted by Gasteiger charge is -2.34. The Bertz CT molecular complexity index is 1560. The predicted octanol–water partition coefficient (Wildman–Crippen LogP) is -3.45. The summed E-state index contributed by atoms with van der Waals surface area (Å²) in [5, 5.41) is 10.4. The molecule has 7 atom stereocenters. The molecule has 0 saturated carbocycles. The van der Waals surface area contributed by atoms with Gasteiger partial charge in [-0.2, -0.15) is 4.98 Å². The number of aromatic nitrogens is 6. The highest BCUT2D eigenvalue weighted by Gasteiger charge is 2.43. The molecule has 2 aliphatic rings. The van der Waals surface area contributed by atoms with Gasteiger partial charge in [0.25, 0.3) is 7.82 Å². The van der Waals surface area contributed by atoms with Crippen molar-refractivity contribution in [3.05, 3.63) is 35.4 Å². The van der Waals surface area contributed by atoms with Crippen LogP contribution in [0.2, 0.25) is 0 Å². The normalized spacial score (nSPS) is 28.3. The molecule has 0 radical (unpaired) electrons. The Labute approximate surface area is 229 Å². The first-order valence-corrected chi connectivity index (χ1v) is 14.8. The van der Waals surface area contributed by atoms with E-state index < -0.39 is 71.2 Å². The average molecular weight is 617 g/mol. The van der Waals surface area contributed by atoms with Gasteiger partial charge in [0.15, 0.2) is 11.5 Å². The molecule has 3 aromatic rings. The molecule has 2 saturated heterocycles. The Morgan fingerprint density at radius 1 is 1.10 bits per heavy atom. The van der Waals surface area contributed by atoms with Gasteiger partial charge in [-0.15, -0.1) is 0 Å². The zero-order valence-electron chi connectivity index (χ0n) is 20.8. The summed E-state index contributed by atoms with van der Waals surface area (Å²) in [6.45, 7) is -1.79. The number of ether oxygens (including phenoxy) is 2. The zero-order chi connectivity index (χ0) is 29.5. The predicted molar refractivity (Wildman–Crippen MR) is 128 cm³/mol. The maximum Gasteiger partial charge on any atom is 0.351 e. The summed E-state index contributed by atoms with van der Waals surface area (Å²) in [5.41, 5.74) is 11.0. The minimum absolute atomic E-state index is 0.0139. The zero-order valence-corrected chi connectivity index (χ0v) is 22.6. The van der Waals surface area contributed by atoms with E-state index in [0.717, 1.165) is 10.9 Å². The van der Waals surface area contributed by atoms with E-state index in [-0.39, 0.29) is 35.8 Å². The van der Waals surface area contributed by atoms with Crippen LogP contribution < -0.4 is 31.8 Å². The lowest BCUT2D eigenvalue weighted by atomic mass is 10.1. The number of rotatable bonds is 10. The Hall–Kier alpha value is -2.87. The fourth-order valence-electron chi connectivity index (χ4n) is 4.48. The second kappa shape index (κ2) is 11.4. The molecule has 41 heavy (non-hydrogen) atoms. The van der Waals surface area contributed by atoms with Crippen LogP contribution in [-0.2, 0) is 32.2 Å². The third-order valence-electron chi connectivity index (χ3n) is 6.38. The minimum atomic E-state index is -5.44. The molecule has 0 aliphatic carbocycles. The fourth-order valence-corrected chi connectivity index (χ4v) is 5.78. The monoisotopic (exact) mass is 617 g/mol. The highest BCUT2D eigenvalue weighted by Crippen LogP contribution is 2.46. The number of aliphatic hydroxyl groups excluding tert-OH is 1. The third kappa shape index (κ3) is 6.63. The van der Waals surface area contributed by atoms with Crippen LogP contribution in [0, 0.1) is 0 Å². The summed E-state index contributed by atoms with van der Waals surface area (Å²) in [4.78, 5) is 62.7. The van der Waals surface area contributed by atoms with Gasteiger partial charge in [0.05, 0.1) is 46.1 Å². The van der Waals surface area contributed by atoms with Crippen LogP contribution in [0.4, 0.5) is 11.6 Å². The standard InChI is InChI=1S/C19H26N8O12P2/c20-13-1-2-26(19(29)25-13)14-3-10(28)11(38-14)5-37-41(33,34)39-16-9(4-35-12(16)6-36-40(30,31)32)27-8-24-15-17(21)22-7-23-18(15)27/h1-2,7-12,14,16,28H,3-6H2,(H,33,34)(H2,20,25,29)(H2,21,22,23)(H2,30,31,32)/p-3. The van der Waals surface area contributed by atoms with Crippen molar-refractivity contribution in [2.45, 2.75) is 43.1 Å². The first kappa shape index (κ1) is 29.6. The number of fused-ring (bicyclic) bond motifs is 1. The van der Waals surface area contributed by atoms with Gasteiger partial charge < -0.3 is 63.4 Å². The Morgan fingerprint density at radius 3 is 2.59 bits per heavy atom. The van der Waals surface area contributed by atoms with Crippen molar-refractivity contribution < 1.29 is 52.0 Å². The molecule has 2 aliphatic heterocycles. The van der Waals surface area contributed by atoms with E-state index in [1.54, 1.807) is 0 Å². The van der Waals surface area contributed by atoms with E-state index in [4.69, 9.17) is 30.0 Å². The van der Waals surface area contributed by atoms with Crippen LogP contribution in [0.5, 0.6) is 0 Å². The highest BCUT2D eigenvalue weighted by atomic mass is 31.2.